The van der Waals surface area contributed by atoms with E-state index >= 15 is 0 Å². The molecule has 1 atom stereocenters. The first-order valence-corrected chi connectivity index (χ1v) is 7.73. The van der Waals surface area contributed by atoms with Gasteiger partial charge in [0.05, 0.1) is 4.90 Å². The van der Waals surface area contributed by atoms with Gasteiger partial charge in [-0.1, -0.05) is 13.0 Å². The second-order valence-corrected chi connectivity index (χ2v) is 6.41. The summed E-state index contributed by atoms with van der Waals surface area (Å²) >= 11 is 0. The van der Waals surface area contributed by atoms with Gasteiger partial charge in [0.1, 0.15) is 0 Å². The van der Waals surface area contributed by atoms with E-state index in [0.717, 1.165) is 11.1 Å². The van der Waals surface area contributed by atoms with Crippen molar-refractivity contribution in [2.45, 2.75) is 51.7 Å². The number of carbonyl (C=O) groups is 1. The van der Waals surface area contributed by atoms with Gasteiger partial charge in [-0.3, -0.25) is 4.79 Å². The highest BCUT2D eigenvalue weighted by molar-refractivity contribution is 7.86. The van der Waals surface area contributed by atoms with Crippen LogP contribution in [0, 0.1) is 13.8 Å². The smallest absolute Gasteiger partial charge is 0.305 e. The number of ether oxygens (including phenoxy) is 1. The molecule has 1 unspecified atom stereocenters. The topological polar surface area (TPSA) is 69.7 Å². The zero-order valence-electron chi connectivity index (χ0n) is 12.4. The normalized spacial score (nSPS) is 14.7. The minimum absolute atomic E-state index is 0.0485. The van der Waals surface area contributed by atoms with Crippen molar-refractivity contribution in [1.29, 1.82) is 0 Å². The summed E-state index contributed by atoms with van der Waals surface area (Å²) in [6.45, 7) is 8.02. The fourth-order valence-electron chi connectivity index (χ4n) is 1.60. The molecule has 0 spiro atoms. The van der Waals surface area contributed by atoms with E-state index in [0.29, 0.717) is 0 Å². The van der Waals surface area contributed by atoms with Gasteiger partial charge in [-0.2, -0.15) is 8.42 Å². The number of rotatable bonds is 5. The molecular weight excluding hydrogens is 280 g/mol. The molecule has 6 heteroatoms. The summed E-state index contributed by atoms with van der Waals surface area (Å²) in [6.07, 6.45) is 0.219. The lowest BCUT2D eigenvalue weighted by atomic mass is 10.1. The predicted molar refractivity (Wildman–Crippen MR) is 74.6 cm³/mol. The van der Waals surface area contributed by atoms with Crippen molar-refractivity contribution in [3.8, 4) is 0 Å². The molecular formula is C14H20O5S. The van der Waals surface area contributed by atoms with Crippen molar-refractivity contribution in [3.63, 3.8) is 0 Å². The molecule has 20 heavy (non-hydrogen) atoms. The van der Waals surface area contributed by atoms with Crippen LogP contribution in [0.25, 0.3) is 0 Å². The molecule has 0 bridgehead atoms. The van der Waals surface area contributed by atoms with Crippen LogP contribution in [0.4, 0.5) is 0 Å². The lowest BCUT2D eigenvalue weighted by molar-refractivity contribution is -0.188. The van der Waals surface area contributed by atoms with Gasteiger partial charge in [0.25, 0.3) is 10.1 Å². The standard InChI is InChI=1S/C14H20O5S/c1-6-14(5,18-12(4)15)19-20(16,17)13-8-7-10(2)11(3)9-13/h7-9H,6H2,1-5H3. The summed E-state index contributed by atoms with van der Waals surface area (Å²) in [7, 11) is -3.99. The highest BCUT2D eigenvalue weighted by Gasteiger charge is 2.34. The SMILES string of the molecule is CCC(C)(OC(C)=O)OS(=O)(=O)c1ccc(C)c(C)c1. The Balaban J connectivity index is 3.10. The summed E-state index contributed by atoms with van der Waals surface area (Å²) in [5.74, 6) is -2.09. The molecule has 0 radical (unpaired) electrons. The van der Waals surface area contributed by atoms with Gasteiger partial charge in [0.15, 0.2) is 0 Å². The lowest BCUT2D eigenvalue weighted by Crippen LogP contribution is -2.35. The van der Waals surface area contributed by atoms with Crippen LogP contribution in [0.3, 0.4) is 0 Å². The fourth-order valence-corrected chi connectivity index (χ4v) is 2.87. The van der Waals surface area contributed by atoms with E-state index in [1.165, 1.54) is 26.0 Å². The minimum atomic E-state index is -3.99. The van der Waals surface area contributed by atoms with Crippen molar-refractivity contribution in [2.75, 3.05) is 0 Å². The second kappa shape index (κ2) is 5.93. The molecule has 1 aromatic carbocycles. The zero-order valence-corrected chi connectivity index (χ0v) is 13.2. The van der Waals surface area contributed by atoms with E-state index < -0.39 is 21.9 Å². The van der Waals surface area contributed by atoms with Crippen molar-refractivity contribution >= 4 is 16.1 Å². The van der Waals surface area contributed by atoms with E-state index in [1.807, 2.05) is 13.8 Å². The first-order chi connectivity index (χ1) is 9.09. The zero-order chi connectivity index (χ0) is 15.6. The molecule has 0 fully saturated rings. The van der Waals surface area contributed by atoms with Crippen LogP contribution in [0.1, 0.15) is 38.3 Å². The van der Waals surface area contributed by atoms with Crippen LogP contribution in [-0.2, 0) is 23.8 Å². The summed E-state index contributed by atoms with van der Waals surface area (Å²) in [5, 5.41) is 0. The molecule has 0 aliphatic carbocycles. The van der Waals surface area contributed by atoms with E-state index in [1.54, 1.807) is 13.0 Å². The van der Waals surface area contributed by atoms with Crippen LogP contribution < -0.4 is 0 Å². The molecule has 112 valence electrons. The third kappa shape index (κ3) is 4.05. The second-order valence-electron chi connectivity index (χ2n) is 4.86. The largest absolute Gasteiger partial charge is 0.432 e. The van der Waals surface area contributed by atoms with Crippen molar-refractivity contribution < 1.29 is 22.1 Å². The first kappa shape index (κ1) is 16.7. The minimum Gasteiger partial charge on any atom is -0.432 e. The Morgan fingerprint density at radius 1 is 1.25 bits per heavy atom. The molecule has 0 aliphatic heterocycles. The van der Waals surface area contributed by atoms with E-state index in [2.05, 4.69) is 0 Å². The van der Waals surface area contributed by atoms with E-state index in [9.17, 15) is 13.2 Å². The van der Waals surface area contributed by atoms with Gasteiger partial charge in [-0.25, -0.2) is 4.18 Å². The van der Waals surface area contributed by atoms with Gasteiger partial charge >= 0.3 is 5.97 Å². The predicted octanol–water partition coefficient (Wildman–Crippen LogP) is 2.70. The summed E-state index contributed by atoms with van der Waals surface area (Å²) < 4.78 is 34.5. The molecule has 0 saturated heterocycles. The molecule has 1 rings (SSSR count). The number of aryl methyl sites for hydroxylation is 2. The van der Waals surface area contributed by atoms with Gasteiger partial charge in [0.2, 0.25) is 5.79 Å². The summed E-state index contributed by atoms with van der Waals surface area (Å²) in [4.78, 5) is 11.1. The number of esters is 1. The molecule has 1 aromatic rings. The first-order valence-electron chi connectivity index (χ1n) is 6.32. The third-order valence-corrected chi connectivity index (χ3v) is 4.46. The number of hydrogen-bond acceptors (Lipinski definition) is 5. The molecule has 5 nitrogen and oxygen atoms in total. The average Bonchev–Trinajstić information content (AvgIpc) is 2.30. The summed E-state index contributed by atoms with van der Waals surface area (Å²) in [6, 6.07) is 4.72. The number of carbonyl (C=O) groups excluding carboxylic acids is 1. The monoisotopic (exact) mass is 300 g/mol. The Morgan fingerprint density at radius 3 is 2.30 bits per heavy atom. The maximum Gasteiger partial charge on any atom is 0.305 e. The van der Waals surface area contributed by atoms with E-state index in [4.69, 9.17) is 8.92 Å². The lowest BCUT2D eigenvalue weighted by Gasteiger charge is -2.26. The Bertz CT molecular complexity index is 606. The molecule has 0 heterocycles. The van der Waals surface area contributed by atoms with E-state index in [-0.39, 0.29) is 11.3 Å². The van der Waals surface area contributed by atoms with Gasteiger partial charge in [0, 0.05) is 20.3 Å². The van der Waals surface area contributed by atoms with Crippen molar-refractivity contribution in [1.82, 2.24) is 0 Å². The molecule has 0 amide bonds. The van der Waals surface area contributed by atoms with Crippen molar-refractivity contribution in [2.24, 2.45) is 0 Å². The van der Waals surface area contributed by atoms with Crippen LogP contribution in [0.15, 0.2) is 23.1 Å². The Kier molecular flexibility index (Phi) is 4.94. The highest BCUT2D eigenvalue weighted by atomic mass is 32.2. The molecule has 0 N–H and O–H groups in total. The Hall–Kier alpha value is -1.40. The third-order valence-electron chi connectivity index (χ3n) is 3.05. The van der Waals surface area contributed by atoms with Crippen LogP contribution in [-0.4, -0.2) is 20.2 Å². The van der Waals surface area contributed by atoms with Crippen LogP contribution in [0.5, 0.6) is 0 Å². The maximum atomic E-state index is 12.2. The highest BCUT2D eigenvalue weighted by Crippen LogP contribution is 2.25. The molecule has 0 aliphatic rings. The van der Waals surface area contributed by atoms with Crippen molar-refractivity contribution in [3.05, 3.63) is 29.3 Å². The van der Waals surface area contributed by atoms with Gasteiger partial charge in [-0.05, 0) is 37.1 Å². The number of benzene rings is 1. The summed E-state index contributed by atoms with van der Waals surface area (Å²) in [5.41, 5.74) is 1.84. The number of hydrogen-bond donors (Lipinski definition) is 0. The quantitative estimate of drug-likeness (QED) is 0.475. The fraction of sp³-hybridized carbons (Fsp3) is 0.500. The van der Waals surface area contributed by atoms with Crippen LogP contribution in [0.2, 0.25) is 0 Å². The average molecular weight is 300 g/mol. The van der Waals surface area contributed by atoms with Gasteiger partial charge < -0.3 is 4.74 Å². The van der Waals surface area contributed by atoms with Gasteiger partial charge in [-0.15, -0.1) is 0 Å². The van der Waals surface area contributed by atoms with Crippen LogP contribution >= 0.6 is 0 Å². The molecule has 0 saturated carbocycles. The Morgan fingerprint density at radius 2 is 1.85 bits per heavy atom. The molecule has 0 aromatic heterocycles. The maximum absolute atomic E-state index is 12.2. The Labute approximate surface area is 120 Å².